The van der Waals surface area contributed by atoms with Gasteiger partial charge in [0, 0.05) is 18.0 Å². The third-order valence-corrected chi connectivity index (χ3v) is 3.21. The molecule has 5 heteroatoms. The van der Waals surface area contributed by atoms with E-state index in [2.05, 4.69) is 17.9 Å². The van der Waals surface area contributed by atoms with Crippen LogP contribution in [0.4, 0.5) is 4.39 Å². The second kappa shape index (κ2) is 6.91. The summed E-state index contributed by atoms with van der Waals surface area (Å²) in [5.74, 6) is -0.992. The fourth-order valence-corrected chi connectivity index (χ4v) is 1.95. The van der Waals surface area contributed by atoms with E-state index in [-0.39, 0.29) is 17.6 Å². The van der Waals surface area contributed by atoms with Crippen LogP contribution in [-0.4, -0.2) is 24.2 Å². The zero-order valence-electron chi connectivity index (χ0n) is 11.2. The predicted molar refractivity (Wildman–Crippen MR) is 76.1 cm³/mol. The quantitative estimate of drug-likeness (QED) is 0.704. The number of nitrogens with one attached hydrogen (secondary N) is 1. The summed E-state index contributed by atoms with van der Waals surface area (Å²) in [7, 11) is 0. The molecule has 1 rings (SSSR count). The number of thiol groups is 1. The summed E-state index contributed by atoms with van der Waals surface area (Å²) in [5.41, 5.74) is -0.126. The van der Waals surface area contributed by atoms with Crippen molar-refractivity contribution in [1.29, 1.82) is 0 Å². The third kappa shape index (κ3) is 5.20. The first-order valence-corrected chi connectivity index (χ1v) is 6.68. The van der Waals surface area contributed by atoms with E-state index in [0.717, 1.165) is 6.42 Å². The Morgan fingerprint density at radius 2 is 2.16 bits per heavy atom. The summed E-state index contributed by atoms with van der Waals surface area (Å²) in [6.07, 6.45) is 1.47. The topological polar surface area (TPSA) is 49.3 Å². The highest BCUT2D eigenvalue weighted by Crippen LogP contribution is 2.21. The minimum Gasteiger partial charge on any atom is -0.396 e. The Hall–Kier alpha value is -1.07. The number of carbonyl (C=O) groups is 1. The van der Waals surface area contributed by atoms with Crippen LogP contribution < -0.4 is 5.32 Å². The molecule has 0 saturated carbocycles. The molecule has 0 atom stereocenters. The number of hydrogen-bond donors (Lipinski definition) is 3. The van der Waals surface area contributed by atoms with E-state index in [9.17, 15) is 9.18 Å². The fourth-order valence-electron chi connectivity index (χ4n) is 1.75. The molecule has 1 aromatic rings. The maximum atomic E-state index is 13.5. The van der Waals surface area contributed by atoms with Crippen LogP contribution in [0.2, 0.25) is 0 Å². The standard InChI is InChI=1S/C14H20FNO2S/c1-14(2,6-3-7-17)9-16-13(18)11-8-10(19)4-5-12(11)15/h4-5,8,17,19H,3,6-7,9H2,1-2H3,(H,16,18). The van der Waals surface area contributed by atoms with Crippen molar-refractivity contribution in [2.45, 2.75) is 31.6 Å². The Labute approximate surface area is 118 Å². The zero-order chi connectivity index (χ0) is 14.5. The first kappa shape index (κ1) is 16.0. The normalized spacial score (nSPS) is 11.4. The SMILES string of the molecule is CC(C)(CCCO)CNC(=O)c1cc(S)ccc1F. The molecule has 1 aromatic carbocycles. The van der Waals surface area contributed by atoms with Crippen molar-refractivity contribution in [3.63, 3.8) is 0 Å². The maximum absolute atomic E-state index is 13.5. The van der Waals surface area contributed by atoms with Gasteiger partial charge in [0.15, 0.2) is 0 Å². The van der Waals surface area contributed by atoms with Gasteiger partial charge in [-0.05, 0) is 36.5 Å². The van der Waals surface area contributed by atoms with Gasteiger partial charge in [-0.25, -0.2) is 4.39 Å². The van der Waals surface area contributed by atoms with Crippen molar-refractivity contribution in [1.82, 2.24) is 5.32 Å². The van der Waals surface area contributed by atoms with Crippen LogP contribution in [0, 0.1) is 11.2 Å². The van der Waals surface area contributed by atoms with E-state index in [1.165, 1.54) is 18.2 Å². The molecule has 1 amide bonds. The van der Waals surface area contributed by atoms with Crippen molar-refractivity contribution in [2.75, 3.05) is 13.2 Å². The van der Waals surface area contributed by atoms with Gasteiger partial charge in [-0.2, -0.15) is 0 Å². The molecule has 0 aromatic heterocycles. The molecular formula is C14H20FNO2S. The van der Waals surface area contributed by atoms with Gasteiger partial charge < -0.3 is 10.4 Å². The molecule has 3 nitrogen and oxygen atoms in total. The molecule has 0 heterocycles. The first-order valence-electron chi connectivity index (χ1n) is 6.23. The predicted octanol–water partition coefficient (Wildman–Crippen LogP) is 2.64. The fraction of sp³-hybridized carbons (Fsp3) is 0.500. The summed E-state index contributed by atoms with van der Waals surface area (Å²) >= 11 is 4.09. The van der Waals surface area contributed by atoms with Crippen molar-refractivity contribution in [3.8, 4) is 0 Å². The van der Waals surface area contributed by atoms with Crippen LogP contribution in [0.25, 0.3) is 0 Å². The minimum atomic E-state index is -0.552. The van der Waals surface area contributed by atoms with Crippen molar-refractivity contribution in [2.24, 2.45) is 5.41 Å². The Balaban J connectivity index is 2.62. The van der Waals surface area contributed by atoms with E-state index < -0.39 is 11.7 Å². The minimum absolute atomic E-state index is 0.00505. The largest absolute Gasteiger partial charge is 0.396 e. The number of rotatable bonds is 6. The zero-order valence-corrected chi connectivity index (χ0v) is 12.1. The van der Waals surface area contributed by atoms with Crippen LogP contribution in [0.5, 0.6) is 0 Å². The highest BCUT2D eigenvalue weighted by molar-refractivity contribution is 7.80. The third-order valence-electron chi connectivity index (χ3n) is 2.93. The van der Waals surface area contributed by atoms with Crippen LogP contribution in [0.15, 0.2) is 23.1 Å². The van der Waals surface area contributed by atoms with Crippen LogP contribution in [-0.2, 0) is 0 Å². The van der Waals surface area contributed by atoms with Gasteiger partial charge in [0.1, 0.15) is 5.82 Å². The van der Waals surface area contributed by atoms with Crippen LogP contribution in [0.3, 0.4) is 0 Å². The van der Waals surface area contributed by atoms with E-state index in [0.29, 0.717) is 17.9 Å². The van der Waals surface area contributed by atoms with Crippen LogP contribution in [0.1, 0.15) is 37.0 Å². The van der Waals surface area contributed by atoms with Crippen molar-refractivity contribution < 1.29 is 14.3 Å². The lowest BCUT2D eigenvalue weighted by Gasteiger charge is -2.24. The average molecular weight is 285 g/mol. The number of amides is 1. The summed E-state index contributed by atoms with van der Waals surface area (Å²) in [5, 5.41) is 11.5. The molecule has 19 heavy (non-hydrogen) atoms. The Kier molecular flexibility index (Phi) is 5.82. The van der Waals surface area contributed by atoms with Gasteiger partial charge >= 0.3 is 0 Å². The molecule has 0 radical (unpaired) electrons. The Morgan fingerprint density at radius 3 is 2.79 bits per heavy atom. The molecule has 0 saturated heterocycles. The van der Waals surface area contributed by atoms with Gasteiger partial charge in [0.2, 0.25) is 0 Å². The van der Waals surface area contributed by atoms with Gasteiger partial charge in [-0.1, -0.05) is 13.8 Å². The summed E-state index contributed by atoms with van der Waals surface area (Å²) in [6, 6.07) is 4.14. The Morgan fingerprint density at radius 1 is 1.47 bits per heavy atom. The number of carbonyl (C=O) groups excluding carboxylic acids is 1. The van der Waals surface area contributed by atoms with E-state index in [1.807, 2.05) is 13.8 Å². The molecule has 0 aliphatic rings. The molecule has 0 aliphatic heterocycles. The highest BCUT2D eigenvalue weighted by atomic mass is 32.1. The second-order valence-electron chi connectivity index (χ2n) is 5.34. The van der Waals surface area contributed by atoms with E-state index in [4.69, 9.17) is 5.11 Å². The van der Waals surface area contributed by atoms with E-state index in [1.54, 1.807) is 0 Å². The summed E-state index contributed by atoms with van der Waals surface area (Å²) in [4.78, 5) is 12.5. The monoisotopic (exact) mass is 285 g/mol. The number of aliphatic hydroxyl groups excluding tert-OH is 1. The maximum Gasteiger partial charge on any atom is 0.254 e. The molecule has 0 aliphatic carbocycles. The van der Waals surface area contributed by atoms with E-state index >= 15 is 0 Å². The molecule has 0 unspecified atom stereocenters. The number of hydrogen-bond acceptors (Lipinski definition) is 3. The van der Waals surface area contributed by atoms with Crippen molar-refractivity contribution >= 4 is 18.5 Å². The molecule has 0 bridgehead atoms. The second-order valence-corrected chi connectivity index (χ2v) is 5.85. The van der Waals surface area contributed by atoms with Gasteiger partial charge in [-0.15, -0.1) is 12.6 Å². The smallest absolute Gasteiger partial charge is 0.254 e. The van der Waals surface area contributed by atoms with Crippen LogP contribution >= 0.6 is 12.6 Å². The molecule has 2 N–H and O–H groups in total. The molecule has 106 valence electrons. The van der Waals surface area contributed by atoms with Gasteiger partial charge in [0.05, 0.1) is 5.56 Å². The lowest BCUT2D eigenvalue weighted by atomic mass is 9.88. The molecular weight excluding hydrogens is 265 g/mol. The first-order chi connectivity index (χ1) is 8.85. The Bertz CT molecular complexity index is 449. The van der Waals surface area contributed by atoms with Gasteiger partial charge in [-0.3, -0.25) is 4.79 Å². The average Bonchev–Trinajstić information content (AvgIpc) is 2.36. The molecule has 0 fully saturated rings. The molecule has 0 spiro atoms. The summed E-state index contributed by atoms with van der Waals surface area (Å²) < 4.78 is 13.5. The number of halogens is 1. The van der Waals surface area contributed by atoms with Gasteiger partial charge in [0.25, 0.3) is 5.91 Å². The lowest BCUT2D eigenvalue weighted by molar-refractivity contribution is 0.0928. The van der Waals surface area contributed by atoms with Crippen molar-refractivity contribution in [3.05, 3.63) is 29.6 Å². The lowest BCUT2D eigenvalue weighted by Crippen LogP contribution is -2.34. The number of benzene rings is 1. The summed E-state index contributed by atoms with van der Waals surface area (Å²) in [6.45, 7) is 4.55. The number of aliphatic hydroxyl groups is 1. The highest BCUT2D eigenvalue weighted by Gasteiger charge is 2.20.